The van der Waals surface area contributed by atoms with Gasteiger partial charge in [0.1, 0.15) is 0 Å². The smallest absolute Gasteiger partial charge is 0.223 e. The molecular weight excluding hydrogens is 412 g/mol. The number of allylic oxidation sites excluding steroid dienone is 1. The van der Waals surface area contributed by atoms with Gasteiger partial charge in [0.25, 0.3) is 0 Å². The van der Waals surface area contributed by atoms with E-state index in [0.29, 0.717) is 24.7 Å². The summed E-state index contributed by atoms with van der Waals surface area (Å²) in [4.78, 5) is 14.3. The van der Waals surface area contributed by atoms with Gasteiger partial charge in [0.2, 0.25) is 5.91 Å². The fourth-order valence-corrected chi connectivity index (χ4v) is 5.89. The van der Waals surface area contributed by atoms with Crippen LogP contribution in [0.1, 0.15) is 49.7 Å². The maximum absolute atomic E-state index is 12.3. The van der Waals surface area contributed by atoms with Crippen molar-refractivity contribution in [2.45, 2.75) is 64.1 Å². The number of aliphatic hydroxyl groups is 2. The molecule has 1 aromatic rings. The van der Waals surface area contributed by atoms with Crippen LogP contribution in [0.2, 0.25) is 0 Å². The first-order chi connectivity index (χ1) is 16.0. The largest absolute Gasteiger partial charge is 0.392 e. The Kier molecular flexibility index (Phi) is 8.39. The molecule has 0 bridgehead atoms. The lowest BCUT2D eigenvalue weighted by Gasteiger charge is -2.26. The minimum absolute atomic E-state index is 0.0941. The van der Waals surface area contributed by atoms with Gasteiger partial charge in [0.15, 0.2) is 0 Å². The molecular formula is C28H40N2O3. The van der Waals surface area contributed by atoms with E-state index in [4.69, 9.17) is 0 Å². The van der Waals surface area contributed by atoms with Crippen molar-refractivity contribution in [1.82, 2.24) is 10.2 Å². The number of carbonyl (C=O) groups is 1. The number of likely N-dealkylation sites (tertiary alicyclic amines) is 1. The number of nitrogens with zero attached hydrogens (tertiary/aromatic N) is 1. The monoisotopic (exact) mass is 452 g/mol. The molecule has 5 nitrogen and oxygen atoms in total. The van der Waals surface area contributed by atoms with Crippen LogP contribution >= 0.6 is 0 Å². The zero-order chi connectivity index (χ0) is 23.2. The number of carbonyl (C=O) groups excluding carboxylic acids is 1. The van der Waals surface area contributed by atoms with E-state index >= 15 is 0 Å². The standard InChI is InChI=1S/C28H40N2O3/c1-20-6-5-7-21(14-20)16-24(31)8-9-25-26-17-22(15-23(26)18-27(25)32)19-29-11-10-28(33)30-12-3-2-4-13-30/h5-9,14-15,23-27,29,31-32H,2-4,10-13,16-19H2,1H3/b9-8+/t23-,24-,25+,26-,27+/m0/s1. The zero-order valence-corrected chi connectivity index (χ0v) is 20.0. The SMILES string of the molecule is Cc1cccc(C[C@@H](O)/C=C/[C@@H]2[C@H]3CC(CNCCC(=O)N4CCCCC4)=C[C@H]3C[C@H]2O)c1. The van der Waals surface area contributed by atoms with Crippen molar-refractivity contribution in [1.29, 1.82) is 0 Å². The lowest BCUT2D eigenvalue weighted by atomic mass is 9.89. The Bertz CT molecular complexity index is 858. The number of hydrogen-bond donors (Lipinski definition) is 3. The van der Waals surface area contributed by atoms with Crippen LogP contribution in [0.4, 0.5) is 0 Å². The van der Waals surface area contributed by atoms with E-state index in [1.165, 1.54) is 17.6 Å². The number of nitrogens with one attached hydrogen (secondary N) is 1. The molecule has 2 fully saturated rings. The Morgan fingerprint density at radius 3 is 2.88 bits per heavy atom. The maximum atomic E-state index is 12.3. The third kappa shape index (κ3) is 6.56. The highest BCUT2D eigenvalue weighted by atomic mass is 16.3. The summed E-state index contributed by atoms with van der Waals surface area (Å²) in [7, 11) is 0. The molecule has 1 saturated heterocycles. The van der Waals surface area contributed by atoms with Crippen LogP contribution in [0.5, 0.6) is 0 Å². The quantitative estimate of drug-likeness (QED) is 0.397. The first kappa shape index (κ1) is 24.2. The van der Waals surface area contributed by atoms with Gasteiger partial charge in [-0.25, -0.2) is 0 Å². The van der Waals surface area contributed by atoms with Crippen LogP contribution in [-0.4, -0.2) is 59.4 Å². The van der Waals surface area contributed by atoms with E-state index in [1.54, 1.807) is 0 Å². The molecule has 0 spiro atoms. The van der Waals surface area contributed by atoms with E-state index in [0.717, 1.165) is 57.4 Å². The summed E-state index contributed by atoms with van der Waals surface area (Å²) in [5.74, 6) is 1.19. The summed E-state index contributed by atoms with van der Waals surface area (Å²) in [6.45, 7) is 5.45. The third-order valence-corrected chi connectivity index (χ3v) is 7.61. The summed E-state index contributed by atoms with van der Waals surface area (Å²) < 4.78 is 0. The van der Waals surface area contributed by atoms with Gasteiger partial charge in [-0.2, -0.15) is 0 Å². The highest BCUT2D eigenvalue weighted by Gasteiger charge is 2.43. The minimum atomic E-state index is -0.536. The van der Waals surface area contributed by atoms with Gasteiger partial charge in [-0.05, 0) is 56.4 Å². The van der Waals surface area contributed by atoms with Crippen molar-refractivity contribution < 1.29 is 15.0 Å². The first-order valence-corrected chi connectivity index (χ1v) is 12.8. The number of fused-ring (bicyclic) bond motifs is 1. The van der Waals surface area contributed by atoms with Crippen molar-refractivity contribution >= 4 is 5.91 Å². The molecule has 0 unspecified atom stereocenters. The van der Waals surface area contributed by atoms with Gasteiger partial charge in [-0.1, -0.05) is 53.6 Å². The Morgan fingerprint density at radius 1 is 1.27 bits per heavy atom. The molecule has 1 aliphatic heterocycles. The Morgan fingerprint density at radius 2 is 2.09 bits per heavy atom. The van der Waals surface area contributed by atoms with E-state index < -0.39 is 6.10 Å². The van der Waals surface area contributed by atoms with E-state index in [9.17, 15) is 15.0 Å². The predicted molar refractivity (Wildman–Crippen MR) is 132 cm³/mol. The molecule has 3 N–H and O–H groups in total. The zero-order valence-electron chi connectivity index (χ0n) is 20.0. The maximum Gasteiger partial charge on any atom is 0.223 e. The molecule has 4 rings (SSSR count). The molecule has 1 amide bonds. The number of aliphatic hydroxyl groups excluding tert-OH is 2. The fourth-order valence-electron chi connectivity index (χ4n) is 5.89. The first-order valence-electron chi connectivity index (χ1n) is 12.8. The molecule has 33 heavy (non-hydrogen) atoms. The number of rotatable bonds is 9. The van der Waals surface area contributed by atoms with Gasteiger partial charge >= 0.3 is 0 Å². The highest BCUT2D eigenvalue weighted by Crippen LogP contribution is 2.47. The average Bonchev–Trinajstić information content (AvgIpc) is 3.32. The molecule has 1 heterocycles. The Balaban J connectivity index is 1.21. The molecule has 180 valence electrons. The second kappa shape index (κ2) is 11.5. The molecule has 5 atom stereocenters. The third-order valence-electron chi connectivity index (χ3n) is 7.61. The summed E-state index contributed by atoms with van der Waals surface area (Å²) in [5.41, 5.74) is 3.72. The lowest BCUT2D eigenvalue weighted by molar-refractivity contribution is -0.131. The molecule has 0 aromatic heterocycles. The van der Waals surface area contributed by atoms with Gasteiger partial charge < -0.3 is 20.4 Å². The molecule has 1 aromatic carbocycles. The van der Waals surface area contributed by atoms with Crippen molar-refractivity contribution in [3.63, 3.8) is 0 Å². The van der Waals surface area contributed by atoms with Crippen molar-refractivity contribution in [2.75, 3.05) is 26.2 Å². The summed E-state index contributed by atoms with van der Waals surface area (Å²) in [6.07, 6.45) is 11.9. The number of aryl methyl sites for hydroxylation is 1. The van der Waals surface area contributed by atoms with Crippen LogP contribution in [0, 0.1) is 24.7 Å². The number of amides is 1. The van der Waals surface area contributed by atoms with Crippen LogP contribution in [0.25, 0.3) is 0 Å². The van der Waals surface area contributed by atoms with E-state index in [2.05, 4.69) is 36.5 Å². The fraction of sp³-hybridized carbons (Fsp3) is 0.607. The van der Waals surface area contributed by atoms with Crippen molar-refractivity contribution in [2.24, 2.45) is 17.8 Å². The van der Waals surface area contributed by atoms with Gasteiger partial charge in [-0.3, -0.25) is 4.79 Å². The summed E-state index contributed by atoms with van der Waals surface area (Å²) in [5, 5.41) is 24.6. The second-order valence-corrected chi connectivity index (χ2v) is 10.3. The van der Waals surface area contributed by atoms with Crippen LogP contribution in [-0.2, 0) is 11.2 Å². The lowest BCUT2D eigenvalue weighted by Crippen LogP contribution is -2.37. The minimum Gasteiger partial charge on any atom is -0.392 e. The average molecular weight is 453 g/mol. The second-order valence-electron chi connectivity index (χ2n) is 10.3. The Labute approximate surface area is 198 Å². The predicted octanol–water partition coefficient (Wildman–Crippen LogP) is 3.39. The molecule has 3 aliphatic rings. The summed E-state index contributed by atoms with van der Waals surface area (Å²) >= 11 is 0. The number of hydrogen-bond acceptors (Lipinski definition) is 4. The van der Waals surface area contributed by atoms with Crippen molar-refractivity contribution in [3.8, 4) is 0 Å². The molecule has 1 saturated carbocycles. The van der Waals surface area contributed by atoms with Gasteiger partial charge in [0, 0.05) is 44.9 Å². The summed E-state index contributed by atoms with van der Waals surface area (Å²) in [6, 6.07) is 8.24. The number of benzene rings is 1. The molecule has 2 aliphatic carbocycles. The van der Waals surface area contributed by atoms with Crippen LogP contribution in [0.15, 0.2) is 48.1 Å². The topological polar surface area (TPSA) is 72.8 Å². The normalized spacial score (nSPS) is 28.2. The molecule has 5 heteroatoms. The number of piperidine rings is 1. The van der Waals surface area contributed by atoms with Gasteiger partial charge in [-0.15, -0.1) is 0 Å². The van der Waals surface area contributed by atoms with Crippen molar-refractivity contribution in [3.05, 3.63) is 59.2 Å². The van der Waals surface area contributed by atoms with E-state index in [-0.39, 0.29) is 17.9 Å². The molecule has 0 radical (unpaired) electrons. The van der Waals surface area contributed by atoms with Crippen LogP contribution < -0.4 is 5.32 Å². The van der Waals surface area contributed by atoms with Gasteiger partial charge in [0.05, 0.1) is 12.2 Å². The Hall–Kier alpha value is -1.95. The highest BCUT2D eigenvalue weighted by molar-refractivity contribution is 5.76. The van der Waals surface area contributed by atoms with Crippen LogP contribution in [0.3, 0.4) is 0 Å². The van der Waals surface area contributed by atoms with E-state index in [1.807, 2.05) is 23.1 Å².